The van der Waals surface area contributed by atoms with Crippen molar-refractivity contribution in [1.82, 2.24) is 24.5 Å². The summed E-state index contributed by atoms with van der Waals surface area (Å²) in [7, 11) is 0. The third kappa shape index (κ3) is 2.14. The second kappa shape index (κ2) is 5.46. The summed E-state index contributed by atoms with van der Waals surface area (Å²) < 4.78 is 6.97. The predicted molar refractivity (Wildman–Crippen MR) is 85.6 cm³/mol. The van der Waals surface area contributed by atoms with Gasteiger partial charge in [0.2, 0.25) is 0 Å². The molecular weight excluding hydrogens is 332 g/mol. The molecular formula is C14H16N6O5. The van der Waals surface area contributed by atoms with Crippen molar-refractivity contribution in [3.63, 3.8) is 0 Å². The lowest BCUT2D eigenvalue weighted by molar-refractivity contribution is -0.0492. The number of anilines is 1. The minimum absolute atomic E-state index is 0.0802. The van der Waals surface area contributed by atoms with E-state index < -0.39 is 36.7 Å². The average Bonchev–Trinajstić information content (AvgIpc) is 3.04. The fourth-order valence-corrected chi connectivity index (χ4v) is 3.22. The lowest BCUT2D eigenvalue weighted by atomic mass is 10.1. The molecule has 0 aromatic carbocycles. The van der Waals surface area contributed by atoms with Crippen LogP contribution in [0.15, 0.2) is 11.1 Å². The van der Waals surface area contributed by atoms with Gasteiger partial charge < -0.3 is 30.8 Å². The standard InChI is InChI=1S/C14H16N6O5/c1-4-18-12-7(13(24)19-4)6-10(15)16-3-17-11(6)20(12)14-9(23)8(22)5(2-21)25-14/h3,5,8-9,14,21-23H,2H2,1H3,(H2,15,16,17)(H,18,19,24). The highest BCUT2D eigenvalue weighted by Crippen LogP contribution is 2.36. The van der Waals surface area contributed by atoms with Crippen molar-refractivity contribution in [1.29, 1.82) is 0 Å². The van der Waals surface area contributed by atoms with Gasteiger partial charge in [0.05, 0.1) is 17.4 Å². The maximum Gasteiger partial charge on any atom is 0.261 e. The number of hydrogen-bond acceptors (Lipinski definition) is 9. The Bertz CT molecular complexity index is 1030. The zero-order valence-electron chi connectivity index (χ0n) is 13.1. The number of hydrogen-bond donors (Lipinski definition) is 5. The van der Waals surface area contributed by atoms with Crippen LogP contribution in [0.2, 0.25) is 0 Å². The highest BCUT2D eigenvalue weighted by molar-refractivity contribution is 6.09. The number of aliphatic hydroxyl groups is 3. The van der Waals surface area contributed by atoms with Gasteiger partial charge >= 0.3 is 0 Å². The normalized spacial score (nSPS) is 26.7. The molecule has 4 rings (SSSR count). The van der Waals surface area contributed by atoms with E-state index in [2.05, 4.69) is 19.9 Å². The summed E-state index contributed by atoms with van der Waals surface area (Å²) >= 11 is 0. The summed E-state index contributed by atoms with van der Waals surface area (Å²) in [5, 5.41) is 30.2. The molecule has 4 unspecified atom stereocenters. The first kappa shape index (κ1) is 15.9. The summed E-state index contributed by atoms with van der Waals surface area (Å²) in [5.74, 6) is 0.427. The van der Waals surface area contributed by atoms with Gasteiger partial charge in [-0.1, -0.05) is 0 Å². The third-order valence-electron chi connectivity index (χ3n) is 4.35. The number of aryl methyl sites for hydroxylation is 1. The highest BCUT2D eigenvalue weighted by atomic mass is 16.6. The summed E-state index contributed by atoms with van der Waals surface area (Å²) in [6.45, 7) is 1.13. The largest absolute Gasteiger partial charge is 0.394 e. The van der Waals surface area contributed by atoms with Crippen LogP contribution in [0.3, 0.4) is 0 Å². The number of aliphatic hydroxyl groups excluding tert-OH is 3. The number of nitrogens with two attached hydrogens (primary N) is 1. The van der Waals surface area contributed by atoms with Gasteiger partial charge in [0.15, 0.2) is 11.9 Å². The minimum atomic E-state index is -1.35. The number of nitrogens with zero attached hydrogens (tertiary/aromatic N) is 4. The van der Waals surface area contributed by atoms with Gasteiger partial charge in [0.1, 0.15) is 41.9 Å². The highest BCUT2D eigenvalue weighted by Gasteiger charge is 2.45. The van der Waals surface area contributed by atoms with E-state index in [0.717, 1.165) is 0 Å². The lowest BCUT2D eigenvalue weighted by Crippen LogP contribution is -2.33. The molecule has 25 heavy (non-hydrogen) atoms. The van der Waals surface area contributed by atoms with E-state index in [4.69, 9.17) is 10.5 Å². The maximum absolute atomic E-state index is 12.4. The zero-order chi connectivity index (χ0) is 17.9. The fourth-order valence-electron chi connectivity index (χ4n) is 3.22. The predicted octanol–water partition coefficient (Wildman–Crippen LogP) is -1.83. The minimum Gasteiger partial charge on any atom is -0.394 e. The van der Waals surface area contributed by atoms with Crippen molar-refractivity contribution in [3.8, 4) is 0 Å². The van der Waals surface area contributed by atoms with E-state index in [1.807, 2.05) is 0 Å². The molecule has 4 heterocycles. The van der Waals surface area contributed by atoms with Crippen LogP contribution in [0.25, 0.3) is 22.1 Å². The summed E-state index contributed by atoms with van der Waals surface area (Å²) in [6, 6.07) is 0. The summed E-state index contributed by atoms with van der Waals surface area (Å²) in [5.41, 5.74) is 5.92. The zero-order valence-corrected chi connectivity index (χ0v) is 13.1. The second-order valence-corrected chi connectivity index (χ2v) is 5.91. The number of nitrogens with one attached hydrogen (secondary N) is 1. The van der Waals surface area contributed by atoms with Crippen molar-refractivity contribution in [2.24, 2.45) is 0 Å². The van der Waals surface area contributed by atoms with Gasteiger partial charge in [-0.2, -0.15) is 0 Å². The van der Waals surface area contributed by atoms with E-state index >= 15 is 0 Å². The van der Waals surface area contributed by atoms with Crippen LogP contribution in [0.1, 0.15) is 12.1 Å². The molecule has 1 saturated heterocycles. The Labute approximate surface area is 139 Å². The molecule has 1 aliphatic heterocycles. The number of fused-ring (bicyclic) bond motifs is 3. The topological polar surface area (TPSA) is 172 Å². The molecule has 1 aliphatic rings. The van der Waals surface area contributed by atoms with Gasteiger partial charge in [-0.25, -0.2) is 15.0 Å². The third-order valence-corrected chi connectivity index (χ3v) is 4.35. The van der Waals surface area contributed by atoms with Gasteiger partial charge in [-0.15, -0.1) is 0 Å². The first-order valence-corrected chi connectivity index (χ1v) is 7.57. The van der Waals surface area contributed by atoms with E-state index in [1.165, 1.54) is 10.9 Å². The Morgan fingerprint density at radius 3 is 2.72 bits per heavy atom. The molecule has 0 saturated carbocycles. The average molecular weight is 348 g/mol. The molecule has 132 valence electrons. The lowest BCUT2D eigenvalue weighted by Gasteiger charge is -2.18. The van der Waals surface area contributed by atoms with Crippen LogP contribution in [-0.4, -0.2) is 64.7 Å². The van der Waals surface area contributed by atoms with Crippen LogP contribution in [0, 0.1) is 6.92 Å². The number of aromatic amines is 1. The summed E-state index contributed by atoms with van der Waals surface area (Å²) in [6.07, 6.45) is -3.52. The number of H-pyrrole nitrogens is 1. The second-order valence-electron chi connectivity index (χ2n) is 5.91. The molecule has 11 heteroatoms. The molecule has 4 atom stereocenters. The van der Waals surface area contributed by atoms with Crippen LogP contribution >= 0.6 is 0 Å². The van der Waals surface area contributed by atoms with Crippen molar-refractivity contribution >= 4 is 27.9 Å². The van der Waals surface area contributed by atoms with E-state index in [9.17, 15) is 20.1 Å². The molecule has 1 fully saturated rings. The molecule has 0 spiro atoms. The van der Waals surface area contributed by atoms with E-state index in [0.29, 0.717) is 5.82 Å². The van der Waals surface area contributed by atoms with E-state index in [-0.39, 0.29) is 27.9 Å². The smallest absolute Gasteiger partial charge is 0.261 e. The van der Waals surface area contributed by atoms with Crippen LogP contribution < -0.4 is 11.3 Å². The van der Waals surface area contributed by atoms with Gasteiger partial charge in [0, 0.05) is 0 Å². The Balaban J connectivity index is 2.09. The number of ether oxygens (including phenoxy) is 1. The Morgan fingerprint density at radius 1 is 1.28 bits per heavy atom. The first-order chi connectivity index (χ1) is 11.9. The van der Waals surface area contributed by atoms with Crippen LogP contribution in [0.4, 0.5) is 5.82 Å². The van der Waals surface area contributed by atoms with Gasteiger partial charge in [-0.3, -0.25) is 9.36 Å². The first-order valence-electron chi connectivity index (χ1n) is 7.57. The van der Waals surface area contributed by atoms with Gasteiger partial charge in [0.25, 0.3) is 5.56 Å². The molecule has 0 aliphatic carbocycles. The monoisotopic (exact) mass is 348 g/mol. The SMILES string of the molecule is Cc1nc2c(c(=O)[nH]1)c1c(N)ncnc1n2C1OC(CO)C(O)C1O. The molecule has 11 nitrogen and oxygen atoms in total. The molecule has 0 bridgehead atoms. The van der Waals surface area contributed by atoms with Crippen molar-refractivity contribution in [2.45, 2.75) is 31.5 Å². The molecule has 6 N–H and O–H groups in total. The quantitative estimate of drug-likeness (QED) is 0.357. The number of nitrogen functional groups attached to an aromatic ring is 1. The van der Waals surface area contributed by atoms with Crippen molar-refractivity contribution in [3.05, 3.63) is 22.5 Å². The van der Waals surface area contributed by atoms with Crippen molar-refractivity contribution < 1.29 is 20.1 Å². The molecule has 3 aromatic rings. The van der Waals surface area contributed by atoms with E-state index in [1.54, 1.807) is 6.92 Å². The van der Waals surface area contributed by atoms with Crippen LogP contribution in [-0.2, 0) is 4.74 Å². The van der Waals surface area contributed by atoms with Crippen LogP contribution in [0.5, 0.6) is 0 Å². The number of rotatable bonds is 2. The van der Waals surface area contributed by atoms with Gasteiger partial charge in [-0.05, 0) is 6.92 Å². The summed E-state index contributed by atoms with van der Waals surface area (Å²) in [4.78, 5) is 27.4. The Morgan fingerprint density at radius 2 is 2.04 bits per heavy atom. The number of aromatic nitrogens is 5. The maximum atomic E-state index is 12.4. The van der Waals surface area contributed by atoms with Crippen molar-refractivity contribution in [2.75, 3.05) is 12.3 Å². The molecule has 0 amide bonds. The Hall–Kier alpha value is -2.60. The fraction of sp³-hybridized carbons (Fsp3) is 0.429. The Kier molecular flexibility index (Phi) is 3.47. The molecule has 0 radical (unpaired) electrons. The molecule has 3 aromatic heterocycles.